The summed E-state index contributed by atoms with van der Waals surface area (Å²) in [5.74, 6) is 0. The second-order valence-electron chi connectivity index (χ2n) is 3.34. The van der Waals surface area contributed by atoms with Gasteiger partial charge < -0.3 is 17.8 Å². The Kier molecular flexibility index (Phi) is 7.77. The smallest absolute Gasteiger partial charge is 0.369 e. The Bertz CT molecular complexity index is 210. The van der Waals surface area contributed by atoms with Gasteiger partial charge in [-0.3, -0.25) is 0 Å². The molecule has 4 nitrogen and oxygen atoms in total. The number of hydrogen-bond donors (Lipinski definition) is 0. The topological polar surface area (TPSA) is 44.8 Å². The predicted octanol–water partition coefficient (Wildman–Crippen LogP) is 2.93. The van der Waals surface area contributed by atoms with Crippen LogP contribution in [-0.2, 0) is 17.8 Å². The van der Waals surface area contributed by atoms with Crippen molar-refractivity contribution in [3.63, 3.8) is 0 Å². The van der Waals surface area contributed by atoms with Gasteiger partial charge in [0, 0.05) is 32.1 Å². The zero-order chi connectivity index (χ0) is 12.7. The third-order valence-corrected chi connectivity index (χ3v) is 13.6. The molecule has 0 bridgehead atoms. The third-order valence-electron chi connectivity index (χ3n) is 2.50. The van der Waals surface area contributed by atoms with Gasteiger partial charge in [-0.2, -0.15) is 0 Å². The fourth-order valence-electron chi connectivity index (χ4n) is 1.64. The summed E-state index contributed by atoms with van der Waals surface area (Å²) < 4.78 is 29.9. The van der Waals surface area contributed by atoms with E-state index in [2.05, 4.69) is 0 Å². The monoisotopic (exact) mass is 268 g/mol. The molecule has 0 radical (unpaired) electrons. The van der Waals surface area contributed by atoms with E-state index in [1.807, 2.05) is 34.6 Å². The SMILES string of the molecule is CCO[Si](OCC)(OCC)P(=O)(CC)CC. The molecule has 6 heteroatoms. The van der Waals surface area contributed by atoms with Crippen LogP contribution in [0.15, 0.2) is 0 Å². The van der Waals surface area contributed by atoms with Gasteiger partial charge in [0.05, 0.1) is 0 Å². The first-order valence-corrected chi connectivity index (χ1v) is 10.7. The standard InChI is InChI=1S/C10H25O4PSi/c1-6-12-16(13-7-2,14-8-3)15(11,9-4)10-5/h6-10H2,1-5H3. The number of rotatable bonds is 9. The van der Waals surface area contributed by atoms with Crippen LogP contribution in [0.5, 0.6) is 0 Å². The van der Waals surface area contributed by atoms with Crippen molar-refractivity contribution in [1.82, 2.24) is 0 Å². The first-order chi connectivity index (χ1) is 7.55. The Morgan fingerprint density at radius 3 is 1.31 bits per heavy atom. The molecule has 0 aliphatic rings. The maximum absolute atomic E-state index is 12.8. The van der Waals surface area contributed by atoms with E-state index in [0.717, 1.165) is 0 Å². The van der Waals surface area contributed by atoms with Crippen LogP contribution in [0.2, 0.25) is 0 Å². The van der Waals surface area contributed by atoms with Crippen LogP contribution in [0, 0.1) is 0 Å². The van der Waals surface area contributed by atoms with E-state index in [0.29, 0.717) is 32.1 Å². The third kappa shape index (κ3) is 3.41. The zero-order valence-corrected chi connectivity index (χ0v) is 13.0. The second-order valence-corrected chi connectivity index (χ2v) is 12.4. The normalized spacial score (nSPS) is 13.1. The van der Waals surface area contributed by atoms with E-state index in [1.54, 1.807) is 0 Å². The summed E-state index contributed by atoms with van der Waals surface area (Å²) >= 11 is 0. The Morgan fingerprint density at radius 2 is 1.12 bits per heavy atom. The van der Waals surface area contributed by atoms with Crippen molar-refractivity contribution in [2.75, 3.05) is 32.1 Å². The second kappa shape index (κ2) is 7.61. The fraction of sp³-hybridized carbons (Fsp3) is 1.00. The van der Waals surface area contributed by atoms with Crippen molar-refractivity contribution in [2.24, 2.45) is 0 Å². The highest BCUT2D eigenvalue weighted by molar-refractivity contribution is 7.96. The van der Waals surface area contributed by atoms with Crippen LogP contribution in [0.4, 0.5) is 0 Å². The number of hydrogen-bond acceptors (Lipinski definition) is 4. The van der Waals surface area contributed by atoms with Crippen molar-refractivity contribution in [2.45, 2.75) is 34.6 Å². The van der Waals surface area contributed by atoms with Gasteiger partial charge in [0.25, 0.3) is 0 Å². The molecule has 0 rings (SSSR count). The Balaban J connectivity index is 5.19. The molecule has 0 aromatic rings. The average molecular weight is 268 g/mol. The van der Waals surface area contributed by atoms with Crippen molar-refractivity contribution >= 4 is 15.2 Å². The van der Waals surface area contributed by atoms with Gasteiger partial charge >= 0.3 is 8.47 Å². The van der Waals surface area contributed by atoms with Gasteiger partial charge in [-0.05, 0) is 20.8 Å². The summed E-state index contributed by atoms with van der Waals surface area (Å²) in [4.78, 5) is 0. The molecular formula is C10H25O4PSi. The van der Waals surface area contributed by atoms with Crippen molar-refractivity contribution < 1.29 is 17.8 Å². The van der Waals surface area contributed by atoms with Gasteiger partial charge in [0.1, 0.15) is 0 Å². The molecule has 0 atom stereocenters. The van der Waals surface area contributed by atoms with Crippen LogP contribution < -0.4 is 0 Å². The minimum atomic E-state index is -2.99. The molecule has 0 saturated heterocycles. The summed E-state index contributed by atoms with van der Waals surface area (Å²) in [5.41, 5.74) is 0. The van der Waals surface area contributed by atoms with Crippen LogP contribution in [0.1, 0.15) is 34.6 Å². The van der Waals surface area contributed by atoms with Crippen molar-refractivity contribution in [3.8, 4) is 0 Å². The van der Waals surface area contributed by atoms with Crippen LogP contribution >= 0.6 is 6.69 Å². The Labute approximate surface area is 100 Å². The maximum atomic E-state index is 12.8. The summed E-state index contributed by atoms with van der Waals surface area (Å²) in [6, 6.07) is 0. The van der Waals surface area contributed by atoms with Crippen LogP contribution in [0.3, 0.4) is 0 Å². The van der Waals surface area contributed by atoms with E-state index >= 15 is 0 Å². The summed E-state index contributed by atoms with van der Waals surface area (Å²) in [7, 11) is -2.99. The highest BCUT2D eigenvalue weighted by atomic mass is 31.4. The largest absolute Gasteiger partial charge is 0.566 e. The highest BCUT2D eigenvalue weighted by Gasteiger charge is 2.56. The van der Waals surface area contributed by atoms with Gasteiger partial charge in [-0.15, -0.1) is 0 Å². The Morgan fingerprint density at radius 1 is 0.812 bits per heavy atom. The molecule has 98 valence electrons. The molecule has 0 unspecified atom stereocenters. The molecule has 0 amide bonds. The molecule has 0 aromatic heterocycles. The average Bonchev–Trinajstić information content (AvgIpc) is 2.28. The molecule has 0 N–H and O–H groups in total. The maximum Gasteiger partial charge on any atom is 0.566 e. The lowest BCUT2D eigenvalue weighted by Crippen LogP contribution is -2.47. The van der Waals surface area contributed by atoms with Crippen molar-refractivity contribution in [1.29, 1.82) is 0 Å². The lowest BCUT2D eigenvalue weighted by Gasteiger charge is -2.34. The first kappa shape index (κ1) is 16.3. The molecule has 0 heterocycles. The molecule has 0 aromatic carbocycles. The summed E-state index contributed by atoms with van der Waals surface area (Å²) in [5, 5.41) is 0. The summed E-state index contributed by atoms with van der Waals surface area (Å²) in [6.07, 6.45) is 1.16. The first-order valence-electron chi connectivity index (χ1n) is 6.05. The fourth-order valence-corrected chi connectivity index (χ4v) is 10.5. The van der Waals surface area contributed by atoms with Gasteiger partial charge in [-0.1, -0.05) is 13.8 Å². The molecule has 0 saturated carbocycles. The van der Waals surface area contributed by atoms with Crippen LogP contribution in [0.25, 0.3) is 0 Å². The molecule has 0 aliphatic heterocycles. The highest BCUT2D eigenvalue weighted by Crippen LogP contribution is 2.55. The minimum absolute atomic E-state index is 0.482. The molecule has 0 aliphatic carbocycles. The van der Waals surface area contributed by atoms with E-state index in [4.69, 9.17) is 13.3 Å². The van der Waals surface area contributed by atoms with E-state index in [-0.39, 0.29) is 0 Å². The molecule has 16 heavy (non-hydrogen) atoms. The van der Waals surface area contributed by atoms with E-state index in [9.17, 15) is 4.57 Å². The molecular weight excluding hydrogens is 243 g/mol. The lowest BCUT2D eigenvalue weighted by atomic mass is 10.9. The quantitative estimate of drug-likeness (QED) is 0.476. The zero-order valence-electron chi connectivity index (χ0n) is 11.1. The molecule has 0 fully saturated rings. The van der Waals surface area contributed by atoms with E-state index in [1.165, 1.54) is 0 Å². The molecule has 0 spiro atoms. The van der Waals surface area contributed by atoms with E-state index < -0.39 is 15.2 Å². The minimum Gasteiger partial charge on any atom is -0.369 e. The van der Waals surface area contributed by atoms with Gasteiger partial charge in [-0.25, -0.2) is 0 Å². The lowest BCUT2D eigenvalue weighted by molar-refractivity contribution is 0.0925. The summed E-state index contributed by atoms with van der Waals surface area (Å²) in [6.45, 7) is 8.44. The van der Waals surface area contributed by atoms with Gasteiger partial charge in [0.2, 0.25) is 0 Å². The van der Waals surface area contributed by atoms with Gasteiger partial charge in [0.15, 0.2) is 6.69 Å². The van der Waals surface area contributed by atoms with Crippen LogP contribution in [-0.4, -0.2) is 40.6 Å². The predicted molar refractivity (Wildman–Crippen MR) is 69.3 cm³/mol. The van der Waals surface area contributed by atoms with Crippen molar-refractivity contribution in [3.05, 3.63) is 0 Å². The Hall–Kier alpha value is 0.327.